The van der Waals surface area contributed by atoms with Crippen LogP contribution in [0.5, 0.6) is 0 Å². The lowest BCUT2D eigenvalue weighted by Crippen LogP contribution is -2.08. The third-order valence-electron chi connectivity index (χ3n) is 2.93. The number of aryl methyl sites for hydroxylation is 1. The number of para-hydroxylation sites is 1. The van der Waals surface area contributed by atoms with Gasteiger partial charge in [0.1, 0.15) is 0 Å². The number of carboxylic acids is 1. The van der Waals surface area contributed by atoms with E-state index in [1.54, 1.807) is 0 Å². The molecule has 0 spiro atoms. The first kappa shape index (κ1) is 13.3. The molecule has 0 aliphatic carbocycles. The van der Waals surface area contributed by atoms with Gasteiger partial charge in [-0.2, -0.15) is 0 Å². The minimum Gasteiger partial charge on any atom is -0.481 e. The Hall–Kier alpha value is -2.10. The number of benzene rings is 1. The molecule has 0 fully saturated rings. The van der Waals surface area contributed by atoms with Crippen LogP contribution in [0.3, 0.4) is 0 Å². The smallest absolute Gasteiger partial charge is 0.305 e. The largest absolute Gasteiger partial charge is 0.481 e. The number of aliphatic carboxylic acids is 1. The predicted octanol–water partition coefficient (Wildman–Crippen LogP) is 3.07. The van der Waals surface area contributed by atoms with E-state index in [0.29, 0.717) is 6.54 Å². The fourth-order valence-corrected chi connectivity index (χ4v) is 2.06. The molecular formula is C15H18N2O2. The second kappa shape index (κ2) is 6.18. The monoisotopic (exact) mass is 258 g/mol. The molecule has 100 valence electrons. The molecule has 0 atom stereocenters. The number of fused-ring (bicyclic) bond motifs is 1. The number of hydrogen-bond donors (Lipinski definition) is 2. The number of carbonyl (C=O) groups is 1. The maximum absolute atomic E-state index is 10.6. The van der Waals surface area contributed by atoms with Crippen LogP contribution < -0.4 is 5.32 Å². The van der Waals surface area contributed by atoms with Crippen LogP contribution in [-0.4, -0.2) is 22.6 Å². The lowest BCUT2D eigenvalue weighted by Gasteiger charge is -2.11. The Morgan fingerprint density at radius 1 is 1.37 bits per heavy atom. The summed E-state index contributed by atoms with van der Waals surface area (Å²) < 4.78 is 0. The number of pyridine rings is 1. The highest BCUT2D eigenvalue weighted by atomic mass is 16.4. The van der Waals surface area contributed by atoms with Crippen molar-refractivity contribution in [2.24, 2.45) is 0 Å². The summed E-state index contributed by atoms with van der Waals surface area (Å²) in [6, 6.07) is 9.93. The molecule has 0 unspecified atom stereocenters. The van der Waals surface area contributed by atoms with E-state index < -0.39 is 5.97 Å². The number of anilines is 1. The highest BCUT2D eigenvalue weighted by Gasteiger charge is 2.05. The molecule has 1 heterocycles. The quantitative estimate of drug-likeness (QED) is 0.835. The summed E-state index contributed by atoms with van der Waals surface area (Å²) in [5.41, 5.74) is 2.96. The van der Waals surface area contributed by atoms with Gasteiger partial charge in [-0.3, -0.25) is 9.78 Å². The van der Waals surface area contributed by atoms with Crippen molar-refractivity contribution >= 4 is 22.6 Å². The lowest BCUT2D eigenvalue weighted by molar-refractivity contribution is -0.136. The van der Waals surface area contributed by atoms with Crippen LogP contribution in [0.1, 0.15) is 25.5 Å². The Labute approximate surface area is 112 Å². The zero-order chi connectivity index (χ0) is 13.7. The van der Waals surface area contributed by atoms with Crippen LogP contribution in [0, 0.1) is 0 Å². The number of carboxylic acid groups (broad SMARTS) is 1. The molecule has 19 heavy (non-hydrogen) atoms. The molecule has 2 N–H and O–H groups in total. The summed E-state index contributed by atoms with van der Waals surface area (Å²) in [4.78, 5) is 15.2. The van der Waals surface area contributed by atoms with Gasteiger partial charge in [-0.1, -0.05) is 31.5 Å². The van der Waals surface area contributed by atoms with E-state index in [9.17, 15) is 4.79 Å². The molecule has 4 heteroatoms. The first-order chi connectivity index (χ1) is 9.20. The van der Waals surface area contributed by atoms with Crippen molar-refractivity contribution < 1.29 is 9.90 Å². The molecule has 2 rings (SSSR count). The molecule has 0 saturated heterocycles. The minimum atomic E-state index is -0.792. The van der Waals surface area contributed by atoms with E-state index >= 15 is 0 Å². The number of nitrogens with zero attached hydrogens (tertiary/aromatic N) is 1. The summed E-state index contributed by atoms with van der Waals surface area (Å²) in [5, 5.41) is 12.9. The van der Waals surface area contributed by atoms with Gasteiger partial charge in [0.05, 0.1) is 11.9 Å². The Kier molecular flexibility index (Phi) is 4.34. The van der Waals surface area contributed by atoms with Crippen LogP contribution in [0.2, 0.25) is 0 Å². The fraction of sp³-hybridized carbons (Fsp3) is 0.333. The van der Waals surface area contributed by atoms with Crippen LogP contribution in [0.15, 0.2) is 30.3 Å². The van der Waals surface area contributed by atoms with Crippen LogP contribution >= 0.6 is 0 Å². The Bertz CT molecular complexity index is 581. The Morgan fingerprint density at radius 2 is 2.16 bits per heavy atom. The second-order valence-corrected chi connectivity index (χ2v) is 4.50. The summed E-state index contributed by atoms with van der Waals surface area (Å²) in [5.74, 6) is -0.792. The second-order valence-electron chi connectivity index (χ2n) is 4.50. The average molecular weight is 258 g/mol. The molecule has 0 radical (unpaired) electrons. The topological polar surface area (TPSA) is 62.2 Å². The van der Waals surface area contributed by atoms with Crippen molar-refractivity contribution in [2.45, 2.75) is 26.2 Å². The number of nitrogens with one attached hydrogen (secondary N) is 1. The standard InChI is InChI=1S/C15H18N2O2/c1-2-5-11-10-14(16-9-8-15(18)19)12-6-3-4-7-13(12)17-11/h3-4,6-7,10H,2,5,8-9H2,1H3,(H,16,17)(H,18,19). The van der Waals surface area contributed by atoms with Gasteiger partial charge in [0, 0.05) is 23.3 Å². The van der Waals surface area contributed by atoms with Crippen molar-refractivity contribution in [2.75, 3.05) is 11.9 Å². The van der Waals surface area contributed by atoms with E-state index in [4.69, 9.17) is 5.11 Å². The lowest BCUT2D eigenvalue weighted by atomic mass is 10.1. The summed E-state index contributed by atoms with van der Waals surface area (Å²) in [6.45, 7) is 2.54. The first-order valence-corrected chi connectivity index (χ1v) is 6.55. The van der Waals surface area contributed by atoms with E-state index in [2.05, 4.69) is 17.2 Å². The molecule has 1 aromatic carbocycles. The maximum Gasteiger partial charge on any atom is 0.305 e. The van der Waals surface area contributed by atoms with Crippen molar-refractivity contribution in [1.29, 1.82) is 0 Å². The van der Waals surface area contributed by atoms with Gasteiger partial charge in [-0.25, -0.2) is 0 Å². The molecule has 0 aliphatic heterocycles. The van der Waals surface area contributed by atoms with E-state index in [-0.39, 0.29) is 6.42 Å². The van der Waals surface area contributed by atoms with Crippen LogP contribution in [0.4, 0.5) is 5.69 Å². The highest BCUT2D eigenvalue weighted by Crippen LogP contribution is 2.23. The highest BCUT2D eigenvalue weighted by molar-refractivity contribution is 5.91. The van der Waals surface area contributed by atoms with Gasteiger partial charge in [0.15, 0.2) is 0 Å². The van der Waals surface area contributed by atoms with Gasteiger partial charge in [-0.15, -0.1) is 0 Å². The van der Waals surface area contributed by atoms with Crippen molar-refractivity contribution in [3.63, 3.8) is 0 Å². The molecule has 4 nitrogen and oxygen atoms in total. The summed E-state index contributed by atoms with van der Waals surface area (Å²) in [7, 11) is 0. The molecule has 2 aromatic rings. The van der Waals surface area contributed by atoms with E-state index in [0.717, 1.165) is 35.1 Å². The van der Waals surface area contributed by atoms with Crippen molar-refractivity contribution in [3.8, 4) is 0 Å². The van der Waals surface area contributed by atoms with Crippen molar-refractivity contribution in [1.82, 2.24) is 4.98 Å². The molecular weight excluding hydrogens is 240 g/mol. The van der Waals surface area contributed by atoms with Crippen LogP contribution in [0.25, 0.3) is 10.9 Å². The Balaban J connectivity index is 2.30. The van der Waals surface area contributed by atoms with Gasteiger partial charge in [-0.05, 0) is 18.6 Å². The van der Waals surface area contributed by atoms with Gasteiger partial charge >= 0.3 is 5.97 Å². The predicted molar refractivity (Wildman–Crippen MR) is 76.5 cm³/mol. The van der Waals surface area contributed by atoms with Gasteiger partial charge < -0.3 is 10.4 Å². The average Bonchev–Trinajstić information content (AvgIpc) is 2.38. The van der Waals surface area contributed by atoms with E-state index in [1.807, 2.05) is 30.3 Å². The maximum atomic E-state index is 10.6. The van der Waals surface area contributed by atoms with Crippen LogP contribution in [-0.2, 0) is 11.2 Å². The molecule has 0 saturated carbocycles. The molecule has 0 bridgehead atoms. The molecule has 1 aromatic heterocycles. The molecule has 0 aliphatic rings. The van der Waals surface area contributed by atoms with Gasteiger partial charge in [0.25, 0.3) is 0 Å². The van der Waals surface area contributed by atoms with Crippen molar-refractivity contribution in [3.05, 3.63) is 36.0 Å². The first-order valence-electron chi connectivity index (χ1n) is 6.55. The summed E-state index contributed by atoms with van der Waals surface area (Å²) in [6.07, 6.45) is 2.08. The third-order valence-corrected chi connectivity index (χ3v) is 2.93. The Morgan fingerprint density at radius 3 is 2.89 bits per heavy atom. The number of aromatic nitrogens is 1. The van der Waals surface area contributed by atoms with Gasteiger partial charge in [0.2, 0.25) is 0 Å². The normalized spacial score (nSPS) is 10.6. The minimum absolute atomic E-state index is 0.111. The van der Waals surface area contributed by atoms with E-state index in [1.165, 1.54) is 0 Å². The number of rotatable bonds is 6. The summed E-state index contributed by atoms with van der Waals surface area (Å²) >= 11 is 0. The third kappa shape index (κ3) is 3.44. The zero-order valence-corrected chi connectivity index (χ0v) is 11.0. The SMILES string of the molecule is CCCc1cc(NCCC(=O)O)c2ccccc2n1. The molecule has 0 amide bonds. The zero-order valence-electron chi connectivity index (χ0n) is 11.0. The number of hydrogen-bond acceptors (Lipinski definition) is 3. The fourth-order valence-electron chi connectivity index (χ4n) is 2.06.